The summed E-state index contributed by atoms with van der Waals surface area (Å²) in [6.07, 6.45) is 3.21. The Balaban J connectivity index is 1.72. The minimum absolute atomic E-state index is 0.166. The number of methoxy groups -OCH3 is 1. The first-order valence-corrected chi connectivity index (χ1v) is 12.0. The number of pyridine rings is 1. The molecule has 7 heteroatoms. The minimum atomic E-state index is -0.166. The van der Waals surface area contributed by atoms with Gasteiger partial charge in [0.25, 0.3) is 0 Å². The van der Waals surface area contributed by atoms with E-state index in [-0.39, 0.29) is 10.9 Å². The van der Waals surface area contributed by atoms with Gasteiger partial charge in [0.05, 0.1) is 23.9 Å². The molecule has 0 saturated heterocycles. The van der Waals surface area contributed by atoms with E-state index in [1.165, 1.54) is 6.08 Å². The Morgan fingerprint density at radius 3 is 2.31 bits per heavy atom. The highest BCUT2D eigenvalue weighted by Gasteiger charge is 2.21. The van der Waals surface area contributed by atoms with Crippen LogP contribution in [0, 0.1) is 6.92 Å². The van der Waals surface area contributed by atoms with Gasteiger partial charge in [-0.2, -0.15) is 5.10 Å². The van der Waals surface area contributed by atoms with Gasteiger partial charge in [0.2, 0.25) is 0 Å². The number of hydrogen-bond donors (Lipinski definition) is 0. The molecule has 0 fully saturated rings. The summed E-state index contributed by atoms with van der Waals surface area (Å²) < 4.78 is 7.13. The fraction of sp³-hybridized carbons (Fsp3) is 0.0690. The first-order chi connectivity index (χ1) is 17.5. The van der Waals surface area contributed by atoms with Crippen LogP contribution in [-0.2, 0) is 0 Å². The topological polar surface area (TPSA) is 57.0 Å². The largest absolute Gasteiger partial charge is 0.497 e. The van der Waals surface area contributed by atoms with Crippen LogP contribution in [0.4, 0.5) is 0 Å². The molecule has 178 valence electrons. The molecule has 0 saturated carbocycles. The number of carbonyl (C=O) groups excluding carboxylic acids is 1. The summed E-state index contributed by atoms with van der Waals surface area (Å²) in [7, 11) is 1.63. The second-order valence-electron chi connectivity index (χ2n) is 8.16. The Labute approximate surface area is 218 Å². The van der Waals surface area contributed by atoms with Crippen molar-refractivity contribution in [2.45, 2.75) is 6.92 Å². The van der Waals surface area contributed by atoms with Crippen LogP contribution in [-0.4, -0.2) is 27.7 Å². The van der Waals surface area contributed by atoms with Crippen LogP contribution in [0.2, 0.25) is 10.2 Å². The number of nitrogens with zero attached hydrogens (tertiary/aromatic N) is 3. The summed E-state index contributed by atoms with van der Waals surface area (Å²) in [6.45, 7) is 1.94. The molecule has 3 aromatic carbocycles. The summed E-state index contributed by atoms with van der Waals surface area (Å²) >= 11 is 12.7. The van der Waals surface area contributed by atoms with Gasteiger partial charge in [-0.1, -0.05) is 53.5 Å². The zero-order valence-corrected chi connectivity index (χ0v) is 21.1. The van der Waals surface area contributed by atoms with E-state index in [0.717, 1.165) is 33.6 Å². The summed E-state index contributed by atoms with van der Waals surface area (Å²) in [5.41, 5.74) is 5.21. The van der Waals surface area contributed by atoms with Crippen LogP contribution >= 0.6 is 23.2 Å². The third kappa shape index (κ3) is 4.51. The normalized spacial score (nSPS) is 11.3. The zero-order valence-electron chi connectivity index (χ0n) is 19.6. The van der Waals surface area contributed by atoms with Crippen molar-refractivity contribution in [2.24, 2.45) is 0 Å². The number of aryl methyl sites for hydroxylation is 1. The third-order valence-electron chi connectivity index (χ3n) is 5.89. The van der Waals surface area contributed by atoms with Gasteiger partial charge in [-0.3, -0.25) is 4.79 Å². The molecule has 0 bridgehead atoms. The lowest BCUT2D eigenvalue weighted by molar-refractivity contribution is 0.104. The highest BCUT2D eigenvalue weighted by molar-refractivity contribution is 6.32. The molecule has 0 amide bonds. The van der Waals surface area contributed by atoms with Gasteiger partial charge >= 0.3 is 0 Å². The standard InChI is InChI=1S/C29H21Cl2N3O2/c1-18-26-27(20-10-14-23(36-2)15-11-20)24(16-17-25(35)19-8-12-21(30)13-9-19)28(31)32-29(26)34(33-18)22-6-4-3-5-7-22/h3-17H,1-2H3/b17-16+. The molecule has 5 aromatic rings. The molecule has 0 unspecified atom stereocenters. The molecular formula is C29H21Cl2N3O2. The highest BCUT2D eigenvalue weighted by Crippen LogP contribution is 2.39. The number of aromatic nitrogens is 3. The summed E-state index contributed by atoms with van der Waals surface area (Å²) in [6, 6.07) is 24.2. The maximum absolute atomic E-state index is 12.9. The predicted molar refractivity (Wildman–Crippen MR) is 145 cm³/mol. The van der Waals surface area contributed by atoms with E-state index in [0.29, 0.717) is 21.8 Å². The van der Waals surface area contributed by atoms with Crippen LogP contribution in [0.1, 0.15) is 21.6 Å². The number of hydrogen-bond acceptors (Lipinski definition) is 4. The average Bonchev–Trinajstić information content (AvgIpc) is 3.23. The van der Waals surface area contributed by atoms with Crippen molar-refractivity contribution >= 4 is 46.1 Å². The highest BCUT2D eigenvalue weighted by atomic mass is 35.5. The molecule has 0 atom stereocenters. The van der Waals surface area contributed by atoms with E-state index in [1.807, 2.05) is 61.5 Å². The van der Waals surface area contributed by atoms with E-state index in [2.05, 4.69) is 0 Å². The predicted octanol–water partition coefficient (Wildman–Crippen LogP) is 7.61. The maximum Gasteiger partial charge on any atom is 0.185 e. The van der Waals surface area contributed by atoms with Crippen molar-refractivity contribution in [1.29, 1.82) is 0 Å². The SMILES string of the molecule is COc1ccc(-c2c(/C=C/C(=O)c3ccc(Cl)cc3)c(Cl)nc3c2c(C)nn3-c2ccccc2)cc1. The molecule has 2 heterocycles. The van der Waals surface area contributed by atoms with Gasteiger partial charge in [-0.05, 0) is 73.2 Å². The Hall–Kier alpha value is -3.93. The van der Waals surface area contributed by atoms with Crippen LogP contribution in [0.3, 0.4) is 0 Å². The number of rotatable bonds is 6. The van der Waals surface area contributed by atoms with Gasteiger partial charge in [0, 0.05) is 21.7 Å². The smallest absolute Gasteiger partial charge is 0.185 e. The molecule has 2 aromatic heterocycles. The van der Waals surface area contributed by atoms with E-state index >= 15 is 0 Å². The van der Waals surface area contributed by atoms with Crippen molar-refractivity contribution < 1.29 is 9.53 Å². The molecule has 0 radical (unpaired) electrons. The first kappa shape index (κ1) is 23.8. The van der Waals surface area contributed by atoms with Crippen LogP contribution < -0.4 is 4.74 Å². The van der Waals surface area contributed by atoms with Crippen molar-refractivity contribution in [1.82, 2.24) is 14.8 Å². The summed E-state index contributed by atoms with van der Waals surface area (Å²) in [5.74, 6) is 0.571. The van der Waals surface area contributed by atoms with Gasteiger partial charge in [-0.25, -0.2) is 9.67 Å². The Morgan fingerprint density at radius 2 is 1.64 bits per heavy atom. The zero-order chi connectivity index (χ0) is 25.2. The van der Waals surface area contributed by atoms with Gasteiger partial charge in [0.15, 0.2) is 11.4 Å². The number of para-hydroxylation sites is 1. The molecule has 5 rings (SSSR count). The lowest BCUT2D eigenvalue weighted by Gasteiger charge is -2.12. The number of ketones is 1. The number of fused-ring (bicyclic) bond motifs is 1. The number of allylic oxidation sites excluding steroid dienone is 1. The number of ether oxygens (including phenoxy) is 1. The van der Waals surface area contributed by atoms with Gasteiger partial charge in [-0.15, -0.1) is 0 Å². The summed E-state index contributed by atoms with van der Waals surface area (Å²) in [5, 5.41) is 6.47. The molecule has 0 aliphatic heterocycles. The molecular weight excluding hydrogens is 493 g/mol. The van der Waals surface area contributed by atoms with E-state index < -0.39 is 0 Å². The Morgan fingerprint density at radius 1 is 0.944 bits per heavy atom. The second kappa shape index (κ2) is 9.97. The lowest BCUT2D eigenvalue weighted by Crippen LogP contribution is -1.99. The van der Waals surface area contributed by atoms with Crippen molar-refractivity contribution in [3.05, 3.63) is 112 Å². The van der Waals surface area contributed by atoms with Crippen molar-refractivity contribution in [3.63, 3.8) is 0 Å². The number of halogens is 2. The van der Waals surface area contributed by atoms with Crippen molar-refractivity contribution in [2.75, 3.05) is 7.11 Å². The third-order valence-corrected chi connectivity index (χ3v) is 6.43. The second-order valence-corrected chi connectivity index (χ2v) is 8.95. The summed E-state index contributed by atoms with van der Waals surface area (Å²) in [4.78, 5) is 17.6. The monoisotopic (exact) mass is 513 g/mol. The average molecular weight is 514 g/mol. The maximum atomic E-state index is 12.9. The lowest BCUT2D eigenvalue weighted by atomic mass is 9.96. The van der Waals surface area contributed by atoms with E-state index in [1.54, 1.807) is 42.1 Å². The van der Waals surface area contributed by atoms with Gasteiger partial charge < -0.3 is 4.74 Å². The van der Waals surface area contributed by atoms with Crippen molar-refractivity contribution in [3.8, 4) is 22.6 Å². The van der Waals surface area contributed by atoms with E-state index in [9.17, 15) is 4.79 Å². The molecule has 0 aliphatic carbocycles. The molecule has 0 spiro atoms. The van der Waals surface area contributed by atoms with Crippen LogP contribution in [0.15, 0.2) is 84.9 Å². The quantitative estimate of drug-likeness (QED) is 0.133. The number of carbonyl (C=O) groups is 1. The van der Waals surface area contributed by atoms with Crippen LogP contribution in [0.5, 0.6) is 5.75 Å². The Kier molecular flexibility index (Phi) is 6.59. The minimum Gasteiger partial charge on any atom is -0.497 e. The fourth-order valence-electron chi connectivity index (χ4n) is 4.13. The molecule has 0 N–H and O–H groups in total. The fourth-order valence-corrected chi connectivity index (χ4v) is 4.49. The Bertz CT molecular complexity index is 1590. The first-order valence-electron chi connectivity index (χ1n) is 11.2. The molecule has 5 nitrogen and oxygen atoms in total. The van der Waals surface area contributed by atoms with Gasteiger partial charge in [0.1, 0.15) is 10.9 Å². The van der Waals surface area contributed by atoms with E-state index in [4.69, 9.17) is 38.0 Å². The van der Waals surface area contributed by atoms with Crippen LogP contribution in [0.25, 0.3) is 33.9 Å². The molecule has 36 heavy (non-hydrogen) atoms. The number of benzene rings is 3. The molecule has 0 aliphatic rings.